The van der Waals surface area contributed by atoms with Crippen LogP contribution in [0.1, 0.15) is 45.9 Å². The molecule has 0 bridgehead atoms. The van der Waals surface area contributed by atoms with E-state index in [4.69, 9.17) is 10.5 Å². The van der Waals surface area contributed by atoms with Gasteiger partial charge in [-0.15, -0.1) is 0 Å². The molecule has 0 N–H and O–H groups in total. The van der Waals surface area contributed by atoms with Crippen molar-refractivity contribution in [3.8, 4) is 12.1 Å². The molecule has 0 radical (unpaired) electrons. The summed E-state index contributed by atoms with van der Waals surface area (Å²) in [6.07, 6.45) is 1.02. The minimum Gasteiger partial charge on any atom is -0.341 e. The molecule has 10 heteroatoms. The number of hydrogen-bond acceptors (Lipinski definition) is 6. The van der Waals surface area contributed by atoms with Crippen molar-refractivity contribution in [1.29, 1.82) is 10.5 Å². The number of sulfonamides is 1. The molecule has 0 aliphatic heterocycles. The summed E-state index contributed by atoms with van der Waals surface area (Å²) in [6, 6.07) is 9.01. The predicted octanol–water partition coefficient (Wildman–Crippen LogP) is 2.68. The number of nitrogens with zero attached hydrogens (tertiary/aromatic N) is 6. The van der Waals surface area contributed by atoms with Gasteiger partial charge in [0.25, 0.3) is 0 Å². The molecule has 172 valence electrons. The van der Waals surface area contributed by atoms with Crippen molar-refractivity contribution in [2.75, 3.05) is 26.2 Å². The van der Waals surface area contributed by atoms with Crippen LogP contribution in [-0.4, -0.2) is 59.3 Å². The number of amides is 1. The van der Waals surface area contributed by atoms with Crippen molar-refractivity contribution in [3.05, 3.63) is 24.0 Å². The second-order valence-electron chi connectivity index (χ2n) is 7.21. The Labute approximate surface area is 189 Å². The Balaban J connectivity index is 2.28. The van der Waals surface area contributed by atoms with Gasteiger partial charge in [-0.2, -0.15) is 14.8 Å². The summed E-state index contributed by atoms with van der Waals surface area (Å²) in [4.78, 5) is 19.0. The Morgan fingerprint density at radius 1 is 1.09 bits per heavy atom. The summed E-state index contributed by atoms with van der Waals surface area (Å²) in [7, 11) is -3.59. The fraction of sp³-hybridized carbons (Fsp3) is 0.545. The molecule has 1 amide bonds. The van der Waals surface area contributed by atoms with Crippen molar-refractivity contribution >= 4 is 27.0 Å². The highest BCUT2D eigenvalue weighted by atomic mass is 32.2. The maximum Gasteiger partial charge on any atom is 0.243 e. The first kappa shape index (κ1) is 25.3. The van der Waals surface area contributed by atoms with Crippen LogP contribution in [0.5, 0.6) is 0 Å². The van der Waals surface area contributed by atoms with E-state index in [9.17, 15) is 13.2 Å². The molecule has 0 saturated carbocycles. The third kappa shape index (κ3) is 5.64. The maximum atomic E-state index is 12.9. The lowest BCUT2D eigenvalue weighted by Gasteiger charge is -2.20. The van der Waals surface area contributed by atoms with E-state index in [1.54, 1.807) is 36.9 Å². The first-order valence-corrected chi connectivity index (χ1v) is 12.3. The van der Waals surface area contributed by atoms with Crippen LogP contribution < -0.4 is 0 Å². The van der Waals surface area contributed by atoms with Crippen molar-refractivity contribution in [2.45, 2.75) is 57.9 Å². The molecule has 9 nitrogen and oxygen atoms in total. The Morgan fingerprint density at radius 3 is 2.25 bits per heavy atom. The van der Waals surface area contributed by atoms with E-state index in [1.807, 2.05) is 23.6 Å². The van der Waals surface area contributed by atoms with Crippen LogP contribution in [0.15, 0.2) is 23.1 Å². The number of benzene rings is 1. The average molecular weight is 459 g/mol. The van der Waals surface area contributed by atoms with E-state index in [2.05, 4.69) is 4.98 Å². The van der Waals surface area contributed by atoms with Crippen molar-refractivity contribution < 1.29 is 13.2 Å². The molecule has 2 rings (SSSR count). The number of aromatic nitrogens is 2. The van der Waals surface area contributed by atoms with Crippen LogP contribution in [-0.2, 0) is 27.8 Å². The lowest BCUT2D eigenvalue weighted by Crippen LogP contribution is -2.33. The quantitative estimate of drug-likeness (QED) is 0.482. The zero-order valence-electron chi connectivity index (χ0n) is 18.9. The smallest absolute Gasteiger partial charge is 0.243 e. The number of fused-ring (bicyclic) bond motifs is 1. The number of carbonyl (C=O) groups is 1. The Kier molecular flexibility index (Phi) is 9.18. The van der Waals surface area contributed by atoms with Crippen LogP contribution in [0.4, 0.5) is 0 Å². The maximum absolute atomic E-state index is 12.9. The monoisotopic (exact) mass is 458 g/mol. The normalized spacial score (nSPS) is 11.4. The zero-order chi connectivity index (χ0) is 23.7. The molecule has 1 heterocycles. The topological polar surface area (TPSA) is 123 Å². The van der Waals surface area contributed by atoms with Gasteiger partial charge in [0.05, 0.1) is 40.9 Å². The van der Waals surface area contributed by atoms with Crippen LogP contribution >= 0.6 is 0 Å². The van der Waals surface area contributed by atoms with Gasteiger partial charge in [0.1, 0.15) is 5.82 Å². The summed E-state index contributed by atoms with van der Waals surface area (Å²) >= 11 is 0. The number of imidazole rings is 1. The molecular weight excluding hydrogens is 428 g/mol. The Bertz CT molecular complexity index is 1100. The largest absolute Gasteiger partial charge is 0.341 e. The molecule has 0 atom stereocenters. The van der Waals surface area contributed by atoms with Gasteiger partial charge in [0.2, 0.25) is 15.9 Å². The number of aryl methyl sites for hydroxylation is 2. The fourth-order valence-electron chi connectivity index (χ4n) is 3.68. The van der Waals surface area contributed by atoms with Crippen LogP contribution in [0, 0.1) is 22.7 Å². The van der Waals surface area contributed by atoms with Crippen LogP contribution in [0.25, 0.3) is 11.0 Å². The first-order valence-electron chi connectivity index (χ1n) is 10.8. The standard InChI is InChI=1S/C22H30N6O3S/c1-4-27(5-2)32(30,31)18-9-10-20-19(17-18)25-21(28(20)6-3)11-12-22(29)26(15-7-13-23)16-8-14-24/h9-10,17H,4-8,11-12,15-16H2,1-3H3. The second-order valence-corrected chi connectivity index (χ2v) is 9.15. The summed E-state index contributed by atoms with van der Waals surface area (Å²) < 4.78 is 29.1. The fourth-order valence-corrected chi connectivity index (χ4v) is 5.16. The summed E-state index contributed by atoms with van der Waals surface area (Å²) in [5.74, 6) is 0.573. The van der Waals surface area contributed by atoms with Gasteiger partial charge < -0.3 is 9.47 Å². The minimum absolute atomic E-state index is 0.130. The SMILES string of the molecule is CCN(CC)S(=O)(=O)c1ccc2c(c1)nc(CCC(=O)N(CCC#N)CCC#N)n2CC. The lowest BCUT2D eigenvalue weighted by atomic mass is 10.2. The predicted molar refractivity (Wildman–Crippen MR) is 121 cm³/mol. The van der Waals surface area contributed by atoms with Gasteiger partial charge in [-0.25, -0.2) is 13.4 Å². The summed E-state index contributed by atoms with van der Waals surface area (Å²) in [5.41, 5.74) is 1.40. The van der Waals surface area contributed by atoms with E-state index in [-0.39, 0.29) is 30.1 Å². The van der Waals surface area contributed by atoms with E-state index < -0.39 is 10.0 Å². The molecular formula is C22H30N6O3S. The molecule has 0 spiro atoms. The number of carbonyl (C=O) groups excluding carboxylic acids is 1. The van der Waals surface area contributed by atoms with E-state index in [1.165, 1.54) is 4.31 Å². The van der Waals surface area contributed by atoms with E-state index in [0.29, 0.717) is 50.5 Å². The van der Waals surface area contributed by atoms with Crippen molar-refractivity contribution in [2.24, 2.45) is 0 Å². The summed E-state index contributed by atoms with van der Waals surface area (Å²) in [5, 5.41) is 17.6. The molecule has 0 saturated heterocycles. The van der Waals surface area contributed by atoms with Crippen LogP contribution in [0.3, 0.4) is 0 Å². The van der Waals surface area contributed by atoms with Crippen molar-refractivity contribution in [3.63, 3.8) is 0 Å². The van der Waals surface area contributed by atoms with Gasteiger partial charge in [-0.05, 0) is 25.1 Å². The van der Waals surface area contributed by atoms with Gasteiger partial charge in [0.15, 0.2) is 0 Å². The average Bonchev–Trinajstić information content (AvgIpc) is 3.14. The molecule has 1 aromatic heterocycles. The molecule has 2 aromatic rings. The van der Waals surface area contributed by atoms with Gasteiger partial charge in [-0.3, -0.25) is 4.79 Å². The second kappa shape index (κ2) is 11.6. The minimum atomic E-state index is -3.59. The highest BCUT2D eigenvalue weighted by Crippen LogP contribution is 2.23. The molecule has 0 aliphatic carbocycles. The molecule has 1 aromatic carbocycles. The van der Waals surface area contributed by atoms with E-state index >= 15 is 0 Å². The highest BCUT2D eigenvalue weighted by Gasteiger charge is 2.23. The number of rotatable bonds is 12. The highest BCUT2D eigenvalue weighted by molar-refractivity contribution is 7.89. The van der Waals surface area contributed by atoms with Crippen LogP contribution in [0.2, 0.25) is 0 Å². The molecule has 0 aliphatic rings. The molecule has 0 fully saturated rings. The first-order chi connectivity index (χ1) is 15.3. The number of nitriles is 2. The third-order valence-electron chi connectivity index (χ3n) is 5.36. The zero-order valence-corrected chi connectivity index (χ0v) is 19.7. The van der Waals surface area contributed by atoms with Gasteiger partial charge in [0, 0.05) is 45.6 Å². The molecule has 32 heavy (non-hydrogen) atoms. The van der Waals surface area contributed by atoms with Gasteiger partial charge >= 0.3 is 0 Å². The Morgan fingerprint density at radius 2 is 1.72 bits per heavy atom. The third-order valence-corrected chi connectivity index (χ3v) is 7.41. The van der Waals surface area contributed by atoms with Gasteiger partial charge in [-0.1, -0.05) is 13.8 Å². The van der Waals surface area contributed by atoms with E-state index in [0.717, 1.165) is 5.52 Å². The van der Waals surface area contributed by atoms with Crippen molar-refractivity contribution in [1.82, 2.24) is 18.8 Å². The summed E-state index contributed by atoms with van der Waals surface area (Å²) in [6.45, 7) is 7.59. The number of hydrogen-bond donors (Lipinski definition) is 0. The Hall–Kier alpha value is -2.95. The lowest BCUT2D eigenvalue weighted by molar-refractivity contribution is -0.131. The molecule has 0 unspecified atom stereocenters.